The molecule has 0 aliphatic carbocycles. The van der Waals surface area contributed by atoms with Crippen LogP contribution in [0.4, 0.5) is 17.5 Å². The minimum absolute atomic E-state index is 0.725. The molecule has 3 aromatic rings. The Balaban J connectivity index is 1.67. The largest absolute Gasteiger partial charge is 0.366 e. The number of aryl methyl sites for hydroxylation is 1. The number of nitrogens with one attached hydrogen (secondary N) is 2. The van der Waals surface area contributed by atoms with Crippen LogP contribution in [0.15, 0.2) is 55.0 Å². The second-order valence-corrected chi connectivity index (χ2v) is 4.59. The molecule has 3 rings (SSSR count). The first kappa shape index (κ1) is 13.1. The van der Waals surface area contributed by atoms with Gasteiger partial charge in [0.05, 0.1) is 6.20 Å². The molecule has 2 heterocycles. The van der Waals surface area contributed by atoms with Gasteiger partial charge in [-0.25, -0.2) is 9.97 Å². The van der Waals surface area contributed by atoms with Crippen molar-refractivity contribution in [1.82, 2.24) is 19.7 Å². The molecule has 0 spiro atoms. The Labute approximate surface area is 122 Å². The van der Waals surface area contributed by atoms with E-state index in [1.165, 1.54) is 11.9 Å². The molecular formula is C15H16N6. The third-order valence-corrected chi connectivity index (χ3v) is 3.06. The van der Waals surface area contributed by atoms with E-state index in [2.05, 4.69) is 37.8 Å². The molecule has 6 heteroatoms. The van der Waals surface area contributed by atoms with Crippen LogP contribution in [0.5, 0.6) is 0 Å². The quantitative estimate of drug-likeness (QED) is 0.752. The second-order valence-electron chi connectivity index (χ2n) is 4.59. The van der Waals surface area contributed by atoms with Crippen molar-refractivity contribution >= 4 is 17.5 Å². The van der Waals surface area contributed by atoms with E-state index in [4.69, 9.17) is 0 Å². The predicted octanol–water partition coefficient (Wildman–Crippen LogP) is 2.57. The lowest BCUT2D eigenvalue weighted by atomic mass is 10.2. The van der Waals surface area contributed by atoms with E-state index < -0.39 is 0 Å². The van der Waals surface area contributed by atoms with Crippen LogP contribution in [0.3, 0.4) is 0 Å². The highest BCUT2D eigenvalue weighted by atomic mass is 15.3. The fourth-order valence-electron chi connectivity index (χ4n) is 1.94. The zero-order valence-electron chi connectivity index (χ0n) is 11.7. The van der Waals surface area contributed by atoms with E-state index in [9.17, 15) is 0 Å². The van der Waals surface area contributed by atoms with E-state index in [-0.39, 0.29) is 0 Å². The van der Waals surface area contributed by atoms with Gasteiger partial charge >= 0.3 is 0 Å². The summed E-state index contributed by atoms with van der Waals surface area (Å²) in [5, 5.41) is 10.6. The lowest BCUT2D eigenvalue weighted by molar-refractivity contribution is 0.776. The maximum absolute atomic E-state index is 4.22. The molecule has 21 heavy (non-hydrogen) atoms. The average molecular weight is 280 g/mol. The number of nitrogens with zero attached hydrogens (tertiary/aromatic N) is 4. The SMILES string of the molecule is Cn1nccc1Nc1cc(NCc2ccccc2)ncn1. The van der Waals surface area contributed by atoms with Gasteiger partial charge in [-0.2, -0.15) is 5.10 Å². The van der Waals surface area contributed by atoms with Crippen LogP contribution in [0.2, 0.25) is 0 Å². The summed E-state index contributed by atoms with van der Waals surface area (Å²) in [5.74, 6) is 2.38. The first-order chi connectivity index (χ1) is 10.3. The van der Waals surface area contributed by atoms with Crippen LogP contribution in [-0.2, 0) is 13.6 Å². The number of aromatic nitrogens is 4. The van der Waals surface area contributed by atoms with Crippen LogP contribution in [0.25, 0.3) is 0 Å². The van der Waals surface area contributed by atoms with E-state index in [1.807, 2.05) is 37.4 Å². The van der Waals surface area contributed by atoms with Crippen LogP contribution in [0.1, 0.15) is 5.56 Å². The van der Waals surface area contributed by atoms with Crippen LogP contribution >= 0.6 is 0 Å². The molecular weight excluding hydrogens is 264 g/mol. The Kier molecular flexibility index (Phi) is 3.77. The fraction of sp³-hybridized carbons (Fsp3) is 0.133. The van der Waals surface area contributed by atoms with Gasteiger partial charge in [0.1, 0.15) is 23.8 Å². The molecule has 1 aromatic carbocycles. The highest BCUT2D eigenvalue weighted by Gasteiger charge is 2.02. The molecule has 0 bridgehead atoms. The Hall–Kier alpha value is -2.89. The van der Waals surface area contributed by atoms with Gasteiger partial charge in [0, 0.05) is 25.7 Å². The third-order valence-electron chi connectivity index (χ3n) is 3.06. The highest BCUT2D eigenvalue weighted by Crippen LogP contribution is 2.15. The molecule has 2 aromatic heterocycles. The van der Waals surface area contributed by atoms with Gasteiger partial charge in [-0.15, -0.1) is 0 Å². The van der Waals surface area contributed by atoms with Crippen LogP contribution < -0.4 is 10.6 Å². The van der Waals surface area contributed by atoms with Gasteiger partial charge in [-0.3, -0.25) is 4.68 Å². The number of anilines is 3. The van der Waals surface area contributed by atoms with Crippen LogP contribution in [0, 0.1) is 0 Å². The van der Waals surface area contributed by atoms with Crippen molar-refractivity contribution in [3.63, 3.8) is 0 Å². The number of hydrogen-bond donors (Lipinski definition) is 2. The molecule has 0 saturated heterocycles. The molecule has 0 unspecified atom stereocenters. The van der Waals surface area contributed by atoms with E-state index in [1.54, 1.807) is 10.9 Å². The minimum Gasteiger partial charge on any atom is -0.366 e. The standard InChI is InChI=1S/C15H16N6/c1-21-15(7-8-19-21)20-14-9-13(17-11-18-14)16-10-12-5-3-2-4-6-12/h2-9,11H,10H2,1H3,(H2,16,17,18,20). The van der Waals surface area contributed by atoms with Crippen molar-refractivity contribution in [3.8, 4) is 0 Å². The summed E-state index contributed by atoms with van der Waals surface area (Å²) < 4.78 is 1.75. The Morgan fingerprint density at radius 1 is 1.05 bits per heavy atom. The number of benzene rings is 1. The molecule has 0 aliphatic rings. The minimum atomic E-state index is 0.725. The summed E-state index contributed by atoms with van der Waals surface area (Å²) in [6.07, 6.45) is 3.27. The molecule has 0 saturated carbocycles. The summed E-state index contributed by atoms with van der Waals surface area (Å²) in [4.78, 5) is 8.43. The molecule has 0 fully saturated rings. The van der Waals surface area contributed by atoms with Crippen molar-refractivity contribution < 1.29 is 0 Å². The third kappa shape index (κ3) is 3.36. The fourth-order valence-corrected chi connectivity index (χ4v) is 1.94. The number of rotatable bonds is 5. The Bertz CT molecular complexity index is 707. The lowest BCUT2D eigenvalue weighted by Crippen LogP contribution is -2.04. The Morgan fingerprint density at radius 3 is 2.62 bits per heavy atom. The van der Waals surface area contributed by atoms with Gasteiger partial charge in [0.2, 0.25) is 0 Å². The van der Waals surface area contributed by atoms with Crippen molar-refractivity contribution in [2.24, 2.45) is 7.05 Å². The molecule has 0 radical (unpaired) electrons. The first-order valence-electron chi connectivity index (χ1n) is 6.66. The van der Waals surface area contributed by atoms with Crippen molar-refractivity contribution in [2.45, 2.75) is 6.54 Å². The smallest absolute Gasteiger partial charge is 0.137 e. The molecule has 6 nitrogen and oxygen atoms in total. The predicted molar refractivity (Wildman–Crippen MR) is 82.3 cm³/mol. The zero-order chi connectivity index (χ0) is 14.5. The lowest BCUT2D eigenvalue weighted by Gasteiger charge is -2.08. The second kappa shape index (κ2) is 6.04. The van der Waals surface area contributed by atoms with E-state index >= 15 is 0 Å². The summed E-state index contributed by atoms with van der Waals surface area (Å²) in [5.41, 5.74) is 1.21. The number of hydrogen-bond acceptors (Lipinski definition) is 5. The van der Waals surface area contributed by atoms with Gasteiger partial charge in [0.25, 0.3) is 0 Å². The molecule has 0 aliphatic heterocycles. The monoisotopic (exact) mass is 280 g/mol. The molecule has 0 amide bonds. The van der Waals surface area contributed by atoms with Gasteiger partial charge in [-0.05, 0) is 5.56 Å². The van der Waals surface area contributed by atoms with Crippen molar-refractivity contribution in [3.05, 3.63) is 60.6 Å². The summed E-state index contributed by atoms with van der Waals surface area (Å²) >= 11 is 0. The highest BCUT2D eigenvalue weighted by molar-refractivity contribution is 5.55. The van der Waals surface area contributed by atoms with E-state index in [0.717, 1.165) is 24.0 Å². The molecule has 2 N–H and O–H groups in total. The maximum Gasteiger partial charge on any atom is 0.137 e. The zero-order valence-corrected chi connectivity index (χ0v) is 11.7. The summed E-state index contributed by atoms with van der Waals surface area (Å²) in [6.45, 7) is 0.725. The average Bonchev–Trinajstić information content (AvgIpc) is 2.92. The topological polar surface area (TPSA) is 67.7 Å². The van der Waals surface area contributed by atoms with E-state index in [0.29, 0.717) is 0 Å². The van der Waals surface area contributed by atoms with Crippen molar-refractivity contribution in [1.29, 1.82) is 0 Å². The van der Waals surface area contributed by atoms with Gasteiger partial charge in [-0.1, -0.05) is 30.3 Å². The summed E-state index contributed by atoms with van der Waals surface area (Å²) in [6, 6.07) is 13.9. The van der Waals surface area contributed by atoms with Gasteiger partial charge < -0.3 is 10.6 Å². The Morgan fingerprint density at radius 2 is 1.86 bits per heavy atom. The first-order valence-corrected chi connectivity index (χ1v) is 6.66. The summed E-state index contributed by atoms with van der Waals surface area (Å²) in [7, 11) is 1.87. The van der Waals surface area contributed by atoms with Crippen molar-refractivity contribution in [2.75, 3.05) is 10.6 Å². The maximum atomic E-state index is 4.22. The normalized spacial score (nSPS) is 10.3. The molecule has 0 atom stereocenters. The molecule has 106 valence electrons. The van der Waals surface area contributed by atoms with Gasteiger partial charge in [0.15, 0.2) is 0 Å². The van der Waals surface area contributed by atoms with Crippen LogP contribution in [-0.4, -0.2) is 19.7 Å².